The lowest BCUT2D eigenvalue weighted by molar-refractivity contribution is -0.140. The minimum Gasteiger partial charge on any atom is -0.478 e. The minimum atomic E-state index is -1.10. The van der Waals surface area contributed by atoms with Crippen LogP contribution in [0.15, 0.2) is 11.6 Å². The number of carbonyl (C=O) groups excluding carboxylic acids is 1. The summed E-state index contributed by atoms with van der Waals surface area (Å²) in [5, 5.41) is 8.93. The van der Waals surface area contributed by atoms with Crippen LogP contribution in [0.1, 0.15) is 46.0 Å². The van der Waals surface area contributed by atoms with Gasteiger partial charge in [0.2, 0.25) is 0 Å². The van der Waals surface area contributed by atoms with Crippen molar-refractivity contribution in [3.05, 3.63) is 11.6 Å². The standard InChI is InChI=1S/C18H31NO5/c1-15(2)6-5-11-24-18(22)16(14-17(20)21)7-3-4-8-19-9-12-23-13-10-19/h14-15H,3-13H2,1-2H3,(H,20,21)/b16-14+. The summed E-state index contributed by atoms with van der Waals surface area (Å²) in [6.07, 6.45) is 4.93. The average Bonchev–Trinajstić information content (AvgIpc) is 2.54. The van der Waals surface area contributed by atoms with E-state index in [-0.39, 0.29) is 5.57 Å². The summed E-state index contributed by atoms with van der Waals surface area (Å²) in [5.41, 5.74) is 0.258. The molecule has 1 N–H and O–H groups in total. The molecule has 1 rings (SSSR count). The minimum absolute atomic E-state index is 0.258. The van der Waals surface area contributed by atoms with Gasteiger partial charge in [-0.15, -0.1) is 0 Å². The summed E-state index contributed by atoms with van der Waals surface area (Å²) >= 11 is 0. The number of carbonyl (C=O) groups is 2. The third-order valence-electron chi connectivity index (χ3n) is 3.99. The fourth-order valence-electron chi connectivity index (χ4n) is 2.61. The van der Waals surface area contributed by atoms with Gasteiger partial charge in [0, 0.05) is 24.7 Å². The van der Waals surface area contributed by atoms with Crippen molar-refractivity contribution in [1.29, 1.82) is 0 Å². The largest absolute Gasteiger partial charge is 0.478 e. The van der Waals surface area contributed by atoms with Crippen molar-refractivity contribution in [2.45, 2.75) is 46.0 Å². The second-order valence-electron chi connectivity index (χ2n) is 6.59. The van der Waals surface area contributed by atoms with Crippen LogP contribution in [-0.2, 0) is 19.1 Å². The highest BCUT2D eigenvalue weighted by Crippen LogP contribution is 2.12. The van der Waals surface area contributed by atoms with Crippen molar-refractivity contribution in [3.63, 3.8) is 0 Å². The number of nitrogens with zero attached hydrogens (tertiary/aromatic N) is 1. The molecule has 1 fully saturated rings. The Morgan fingerprint density at radius 1 is 1.21 bits per heavy atom. The van der Waals surface area contributed by atoms with E-state index in [1.807, 2.05) is 0 Å². The molecular weight excluding hydrogens is 310 g/mol. The molecule has 0 radical (unpaired) electrons. The lowest BCUT2D eigenvalue weighted by Crippen LogP contribution is -2.36. The third kappa shape index (κ3) is 9.67. The number of ether oxygens (including phenoxy) is 2. The molecule has 24 heavy (non-hydrogen) atoms. The van der Waals surface area contributed by atoms with Crippen molar-refractivity contribution < 1.29 is 24.2 Å². The van der Waals surface area contributed by atoms with Crippen molar-refractivity contribution in [3.8, 4) is 0 Å². The summed E-state index contributed by atoms with van der Waals surface area (Å²) in [4.78, 5) is 25.3. The normalized spacial score (nSPS) is 16.4. The Bertz CT molecular complexity index is 414. The zero-order valence-corrected chi connectivity index (χ0v) is 15.0. The van der Waals surface area contributed by atoms with Crippen molar-refractivity contribution >= 4 is 11.9 Å². The Labute approximate surface area is 144 Å². The summed E-state index contributed by atoms with van der Waals surface area (Å²) in [6, 6.07) is 0. The number of carboxylic acid groups (broad SMARTS) is 1. The van der Waals surface area contributed by atoms with E-state index < -0.39 is 11.9 Å². The Morgan fingerprint density at radius 3 is 2.54 bits per heavy atom. The molecule has 138 valence electrons. The number of hydrogen-bond donors (Lipinski definition) is 1. The second-order valence-corrected chi connectivity index (χ2v) is 6.59. The molecule has 0 amide bonds. The molecule has 0 saturated carbocycles. The molecule has 0 spiro atoms. The van der Waals surface area contributed by atoms with Gasteiger partial charge in [-0.25, -0.2) is 9.59 Å². The molecule has 1 aliphatic rings. The lowest BCUT2D eigenvalue weighted by Gasteiger charge is -2.26. The summed E-state index contributed by atoms with van der Waals surface area (Å²) in [7, 11) is 0. The molecule has 0 bridgehead atoms. The van der Waals surface area contributed by atoms with Gasteiger partial charge in [0.15, 0.2) is 0 Å². The Balaban J connectivity index is 2.30. The number of morpholine rings is 1. The quantitative estimate of drug-likeness (QED) is 0.353. The number of hydrogen-bond acceptors (Lipinski definition) is 5. The van der Waals surface area contributed by atoms with E-state index in [9.17, 15) is 9.59 Å². The summed E-state index contributed by atoms with van der Waals surface area (Å²) < 4.78 is 10.5. The molecule has 1 saturated heterocycles. The van der Waals surface area contributed by atoms with Crippen molar-refractivity contribution in [2.75, 3.05) is 39.5 Å². The number of carboxylic acids is 1. The number of esters is 1. The van der Waals surface area contributed by atoms with Crippen LogP contribution in [0.4, 0.5) is 0 Å². The Morgan fingerprint density at radius 2 is 1.92 bits per heavy atom. The fraction of sp³-hybridized carbons (Fsp3) is 0.778. The predicted octanol–water partition coefficient (Wildman–Crippen LogP) is 2.48. The van der Waals surface area contributed by atoms with E-state index in [2.05, 4.69) is 18.7 Å². The molecule has 1 heterocycles. The second kappa shape index (κ2) is 12.0. The molecule has 0 aromatic rings. The lowest BCUT2D eigenvalue weighted by atomic mass is 10.1. The fourth-order valence-corrected chi connectivity index (χ4v) is 2.61. The first-order valence-corrected chi connectivity index (χ1v) is 8.89. The number of unbranched alkanes of at least 4 members (excludes halogenated alkanes) is 1. The van der Waals surface area contributed by atoms with Gasteiger partial charge in [-0.2, -0.15) is 0 Å². The molecule has 0 atom stereocenters. The van der Waals surface area contributed by atoms with Crippen LogP contribution >= 0.6 is 0 Å². The van der Waals surface area contributed by atoms with Crippen LogP contribution in [0, 0.1) is 5.92 Å². The summed E-state index contributed by atoms with van der Waals surface area (Å²) in [6.45, 7) is 8.96. The smallest absolute Gasteiger partial charge is 0.334 e. The Hall–Kier alpha value is -1.40. The molecule has 1 aliphatic heterocycles. The van der Waals surface area contributed by atoms with E-state index >= 15 is 0 Å². The molecular formula is C18H31NO5. The van der Waals surface area contributed by atoms with E-state index in [0.29, 0.717) is 18.9 Å². The summed E-state index contributed by atoms with van der Waals surface area (Å²) in [5.74, 6) is -1.03. The van der Waals surface area contributed by atoms with Crippen LogP contribution < -0.4 is 0 Å². The highest BCUT2D eigenvalue weighted by Gasteiger charge is 2.14. The molecule has 0 unspecified atom stereocenters. The van der Waals surface area contributed by atoms with Crippen LogP contribution in [0.3, 0.4) is 0 Å². The molecule has 6 heteroatoms. The van der Waals surface area contributed by atoms with Gasteiger partial charge >= 0.3 is 11.9 Å². The highest BCUT2D eigenvalue weighted by atomic mass is 16.5. The monoisotopic (exact) mass is 341 g/mol. The molecule has 0 aliphatic carbocycles. The predicted molar refractivity (Wildman–Crippen MR) is 91.9 cm³/mol. The maximum absolute atomic E-state index is 12.0. The maximum Gasteiger partial charge on any atom is 0.334 e. The first-order valence-electron chi connectivity index (χ1n) is 8.89. The first-order chi connectivity index (χ1) is 11.5. The zero-order chi connectivity index (χ0) is 17.8. The van der Waals surface area contributed by atoms with E-state index in [0.717, 1.165) is 64.6 Å². The first kappa shape index (κ1) is 20.6. The van der Waals surface area contributed by atoms with E-state index in [1.165, 1.54) is 0 Å². The molecule has 0 aromatic carbocycles. The third-order valence-corrected chi connectivity index (χ3v) is 3.99. The van der Waals surface area contributed by atoms with Gasteiger partial charge in [0.05, 0.1) is 19.8 Å². The highest BCUT2D eigenvalue weighted by molar-refractivity contribution is 5.95. The van der Waals surface area contributed by atoms with Crippen molar-refractivity contribution in [2.24, 2.45) is 5.92 Å². The average molecular weight is 341 g/mol. The van der Waals surface area contributed by atoms with Gasteiger partial charge < -0.3 is 14.6 Å². The van der Waals surface area contributed by atoms with Gasteiger partial charge in [-0.3, -0.25) is 4.90 Å². The van der Waals surface area contributed by atoms with Gasteiger partial charge in [-0.1, -0.05) is 13.8 Å². The maximum atomic E-state index is 12.0. The van der Waals surface area contributed by atoms with Crippen LogP contribution in [-0.4, -0.2) is 61.4 Å². The number of aliphatic carboxylic acids is 1. The number of rotatable bonds is 11. The van der Waals surface area contributed by atoms with Crippen molar-refractivity contribution in [1.82, 2.24) is 4.90 Å². The topological polar surface area (TPSA) is 76.1 Å². The van der Waals surface area contributed by atoms with E-state index in [4.69, 9.17) is 14.6 Å². The van der Waals surface area contributed by atoms with Gasteiger partial charge in [0.25, 0.3) is 0 Å². The SMILES string of the molecule is CC(C)CCCOC(=O)/C(=C/C(=O)O)CCCCN1CCOCC1. The van der Waals surface area contributed by atoms with Gasteiger partial charge in [0.1, 0.15) is 0 Å². The van der Waals surface area contributed by atoms with Crippen LogP contribution in [0.25, 0.3) is 0 Å². The van der Waals surface area contributed by atoms with E-state index in [1.54, 1.807) is 0 Å². The zero-order valence-electron chi connectivity index (χ0n) is 15.0. The molecule has 6 nitrogen and oxygen atoms in total. The molecule has 0 aromatic heterocycles. The van der Waals surface area contributed by atoms with Gasteiger partial charge in [-0.05, 0) is 44.6 Å². The van der Waals surface area contributed by atoms with Crippen LogP contribution in [0.2, 0.25) is 0 Å². The van der Waals surface area contributed by atoms with Crippen LogP contribution in [0.5, 0.6) is 0 Å². The Kier molecular flexibility index (Phi) is 10.4.